The summed E-state index contributed by atoms with van der Waals surface area (Å²) in [6.07, 6.45) is 0. The lowest BCUT2D eigenvalue weighted by Crippen LogP contribution is -2.17. The average Bonchev–Trinajstić information content (AvgIpc) is 2.81. The molecule has 0 radical (unpaired) electrons. The molecule has 90 valence electrons. The number of aryl methyl sites for hydroxylation is 1. The first-order valence-corrected chi connectivity index (χ1v) is 6.44. The molecule has 0 unspecified atom stereocenters. The molecule has 2 aromatic rings. The van der Waals surface area contributed by atoms with Crippen molar-refractivity contribution >= 4 is 17.2 Å². The van der Waals surface area contributed by atoms with E-state index in [2.05, 4.69) is 26.7 Å². The predicted molar refractivity (Wildman–Crippen MR) is 71.3 cm³/mol. The Kier molecular flexibility index (Phi) is 3.76. The summed E-state index contributed by atoms with van der Waals surface area (Å²) in [6, 6.07) is 6.00. The molecule has 4 heteroatoms. The first-order chi connectivity index (χ1) is 8.20. The van der Waals surface area contributed by atoms with Gasteiger partial charge in [0.15, 0.2) is 0 Å². The second-order valence-electron chi connectivity index (χ2n) is 4.06. The van der Waals surface area contributed by atoms with Crippen LogP contribution in [0.25, 0.3) is 0 Å². The van der Waals surface area contributed by atoms with E-state index in [9.17, 15) is 0 Å². The van der Waals surface area contributed by atoms with Crippen LogP contribution in [-0.2, 0) is 13.2 Å². The minimum absolute atomic E-state index is 0.0490. The van der Waals surface area contributed by atoms with E-state index in [1.807, 2.05) is 26.1 Å². The van der Waals surface area contributed by atoms with Crippen molar-refractivity contribution in [3.05, 3.63) is 45.8 Å². The van der Waals surface area contributed by atoms with Crippen LogP contribution in [0.3, 0.4) is 0 Å². The smallest absolute Gasteiger partial charge is 0.128 e. The standard InChI is InChI=1S/C13H16N2OS/c1-10-12(8-16)3-4-13(14-10)15(2)7-11-5-6-17-9-11/h3-6,9,16H,7-8H2,1-2H3. The van der Waals surface area contributed by atoms with E-state index < -0.39 is 0 Å². The zero-order valence-corrected chi connectivity index (χ0v) is 10.9. The Morgan fingerprint density at radius 1 is 1.35 bits per heavy atom. The van der Waals surface area contributed by atoms with E-state index in [-0.39, 0.29) is 6.61 Å². The zero-order valence-electron chi connectivity index (χ0n) is 10.1. The fraction of sp³-hybridized carbons (Fsp3) is 0.308. The molecule has 0 fully saturated rings. The number of aliphatic hydroxyl groups excluding tert-OH is 1. The number of hydrogen-bond acceptors (Lipinski definition) is 4. The molecule has 0 amide bonds. The highest BCUT2D eigenvalue weighted by Gasteiger charge is 2.06. The summed E-state index contributed by atoms with van der Waals surface area (Å²) < 4.78 is 0. The molecular formula is C13H16N2OS. The first kappa shape index (κ1) is 12.1. The third-order valence-electron chi connectivity index (χ3n) is 2.74. The Labute approximate surface area is 105 Å². The highest BCUT2D eigenvalue weighted by atomic mass is 32.1. The van der Waals surface area contributed by atoms with Gasteiger partial charge in [-0.1, -0.05) is 6.07 Å². The number of thiophene rings is 1. The fourth-order valence-corrected chi connectivity index (χ4v) is 2.35. The topological polar surface area (TPSA) is 36.4 Å². The Morgan fingerprint density at radius 3 is 2.76 bits per heavy atom. The highest BCUT2D eigenvalue weighted by Crippen LogP contribution is 2.17. The number of hydrogen-bond donors (Lipinski definition) is 1. The quantitative estimate of drug-likeness (QED) is 0.903. The van der Waals surface area contributed by atoms with Gasteiger partial charge in [0.05, 0.1) is 6.61 Å². The van der Waals surface area contributed by atoms with Crippen molar-refractivity contribution in [1.29, 1.82) is 0 Å². The maximum atomic E-state index is 9.10. The molecule has 0 atom stereocenters. The Balaban J connectivity index is 2.14. The molecule has 0 bridgehead atoms. The van der Waals surface area contributed by atoms with Crippen molar-refractivity contribution < 1.29 is 5.11 Å². The van der Waals surface area contributed by atoms with Crippen molar-refractivity contribution in [3.8, 4) is 0 Å². The van der Waals surface area contributed by atoms with Gasteiger partial charge in [-0.25, -0.2) is 4.98 Å². The van der Waals surface area contributed by atoms with Crippen molar-refractivity contribution in [2.24, 2.45) is 0 Å². The number of aliphatic hydroxyl groups is 1. The van der Waals surface area contributed by atoms with Crippen LogP contribution < -0.4 is 4.90 Å². The van der Waals surface area contributed by atoms with Crippen molar-refractivity contribution in [1.82, 2.24) is 4.98 Å². The second-order valence-corrected chi connectivity index (χ2v) is 4.84. The van der Waals surface area contributed by atoms with Gasteiger partial charge < -0.3 is 10.0 Å². The van der Waals surface area contributed by atoms with Crippen molar-refractivity contribution in [2.75, 3.05) is 11.9 Å². The molecule has 3 nitrogen and oxygen atoms in total. The molecule has 0 aliphatic heterocycles. The summed E-state index contributed by atoms with van der Waals surface area (Å²) in [7, 11) is 2.03. The molecule has 2 heterocycles. The summed E-state index contributed by atoms with van der Waals surface area (Å²) in [5, 5.41) is 13.3. The second kappa shape index (κ2) is 5.29. The van der Waals surface area contributed by atoms with E-state index >= 15 is 0 Å². The van der Waals surface area contributed by atoms with Crippen LogP contribution in [0.4, 0.5) is 5.82 Å². The maximum absolute atomic E-state index is 9.10. The minimum Gasteiger partial charge on any atom is -0.392 e. The molecule has 17 heavy (non-hydrogen) atoms. The molecule has 2 aromatic heterocycles. The number of pyridine rings is 1. The molecular weight excluding hydrogens is 232 g/mol. The minimum atomic E-state index is 0.0490. The maximum Gasteiger partial charge on any atom is 0.128 e. The summed E-state index contributed by atoms with van der Waals surface area (Å²) in [6.45, 7) is 2.83. The zero-order chi connectivity index (χ0) is 12.3. The molecule has 0 aliphatic rings. The van der Waals surface area contributed by atoms with Gasteiger partial charge in [0.25, 0.3) is 0 Å². The number of anilines is 1. The number of rotatable bonds is 4. The molecule has 0 aromatic carbocycles. The van der Waals surface area contributed by atoms with Crippen LogP contribution in [0.5, 0.6) is 0 Å². The SMILES string of the molecule is Cc1nc(N(C)Cc2ccsc2)ccc1CO. The summed E-state index contributed by atoms with van der Waals surface area (Å²) in [5.74, 6) is 0.936. The molecule has 0 aliphatic carbocycles. The van der Waals surface area contributed by atoms with E-state index in [1.165, 1.54) is 5.56 Å². The normalized spacial score (nSPS) is 10.5. The Bertz CT molecular complexity index is 482. The average molecular weight is 248 g/mol. The lowest BCUT2D eigenvalue weighted by molar-refractivity contribution is 0.280. The molecule has 0 saturated heterocycles. The lowest BCUT2D eigenvalue weighted by Gasteiger charge is -2.18. The van der Waals surface area contributed by atoms with Crippen LogP contribution >= 0.6 is 11.3 Å². The predicted octanol–water partition coefficient (Wildman–Crippen LogP) is 2.58. The summed E-state index contributed by atoms with van der Waals surface area (Å²) >= 11 is 1.71. The highest BCUT2D eigenvalue weighted by molar-refractivity contribution is 7.07. The first-order valence-electron chi connectivity index (χ1n) is 5.50. The van der Waals surface area contributed by atoms with E-state index in [0.717, 1.165) is 23.6 Å². The van der Waals surface area contributed by atoms with Gasteiger partial charge in [-0.3, -0.25) is 0 Å². The third-order valence-corrected chi connectivity index (χ3v) is 3.47. The molecule has 2 rings (SSSR count). The van der Waals surface area contributed by atoms with E-state index in [4.69, 9.17) is 5.11 Å². The molecule has 0 saturated carbocycles. The van der Waals surface area contributed by atoms with Gasteiger partial charge in [-0.05, 0) is 40.9 Å². The van der Waals surface area contributed by atoms with Gasteiger partial charge >= 0.3 is 0 Å². The number of aromatic nitrogens is 1. The number of nitrogens with zero attached hydrogens (tertiary/aromatic N) is 2. The largest absolute Gasteiger partial charge is 0.392 e. The van der Waals surface area contributed by atoms with Gasteiger partial charge in [0.2, 0.25) is 0 Å². The van der Waals surface area contributed by atoms with Gasteiger partial charge in [-0.2, -0.15) is 11.3 Å². The Hall–Kier alpha value is -1.39. The van der Waals surface area contributed by atoms with Crippen LogP contribution in [0, 0.1) is 6.92 Å². The fourth-order valence-electron chi connectivity index (χ4n) is 1.69. The molecule has 0 spiro atoms. The van der Waals surface area contributed by atoms with E-state index in [0.29, 0.717) is 0 Å². The monoisotopic (exact) mass is 248 g/mol. The summed E-state index contributed by atoms with van der Waals surface area (Å²) in [4.78, 5) is 6.60. The van der Waals surface area contributed by atoms with Gasteiger partial charge in [0.1, 0.15) is 5.82 Å². The van der Waals surface area contributed by atoms with Crippen LogP contribution in [0.2, 0.25) is 0 Å². The van der Waals surface area contributed by atoms with Gasteiger partial charge in [-0.15, -0.1) is 0 Å². The Morgan fingerprint density at radius 2 is 2.18 bits per heavy atom. The van der Waals surface area contributed by atoms with Crippen LogP contribution in [-0.4, -0.2) is 17.1 Å². The van der Waals surface area contributed by atoms with Gasteiger partial charge in [0, 0.05) is 19.3 Å². The lowest BCUT2D eigenvalue weighted by atomic mass is 10.2. The van der Waals surface area contributed by atoms with Crippen molar-refractivity contribution in [3.63, 3.8) is 0 Å². The van der Waals surface area contributed by atoms with Crippen molar-refractivity contribution in [2.45, 2.75) is 20.1 Å². The van der Waals surface area contributed by atoms with E-state index in [1.54, 1.807) is 11.3 Å². The molecule has 1 N–H and O–H groups in total. The third kappa shape index (κ3) is 2.84. The van der Waals surface area contributed by atoms with Crippen LogP contribution in [0.15, 0.2) is 29.0 Å². The summed E-state index contributed by atoms with van der Waals surface area (Å²) in [5.41, 5.74) is 3.07. The van der Waals surface area contributed by atoms with Crippen LogP contribution in [0.1, 0.15) is 16.8 Å².